The fourth-order valence-electron chi connectivity index (χ4n) is 2.20. The van der Waals surface area contributed by atoms with E-state index in [4.69, 9.17) is 4.74 Å². The van der Waals surface area contributed by atoms with Gasteiger partial charge in [0, 0.05) is 11.1 Å². The van der Waals surface area contributed by atoms with Gasteiger partial charge in [-0.25, -0.2) is 13.2 Å². The number of fused-ring (bicyclic) bond motifs is 3. The second-order valence-electron chi connectivity index (χ2n) is 4.15. The van der Waals surface area contributed by atoms with Gasteiger partial charge in [0.1, 0.15) is 10.7 Å². The number of hydrogen-bond acceptors (Lipinski definition) is 4. The number of aromatic amines is 1. The lowest BCUT2D eigenvalue weighted by Crippen LogP contribution is -2.06. The van der Waals surface area contributed by atoms with Crippen molar-refractivity contribution in [1.82, 2.24) is 4.98 Å². The predicted molar refractivity (Wildman–Crippen MR) is 67.6 cm³/mol. The van der Waals surface area contributed by atoms with E-state index in [0.717, 1.165) is 0 Å². The van der Waals surface area contributed by atoms with Crippen LogP contribution in [0.25, 0.3) is 11.1 Å². The third kappa shape index (κ3) is 1.60. The van der Waals surface area contributed by atoms with Gasteiger partial charge in [-0.1, -0.05) is 18.2 Å². The molecule has 2 heterocycles. The standard InChI is InChI=1S/C13H11NO4S/c1-2-18-13(15)10-7-9-8-5-3-4-6-11(8)19(16,17)12(9)14-10/h3-7,14H,2H2,1H3. The minimum atomic E-state index is -3.56. The Morgan fingerprint density at radius 1 is 1.26 bits per heavy atom. The predicted octanol–water partition coefficient (Wildman–Crippen LogP) is 2.00. The molecule has 0 spiro atoms. The van der Waals surface area contributed by atoms with Crippen molar-refractivity contribution in [2.45, 2.75) is 16.8 Å². The van der Waals surface area contributed by atoms with Crippen LogP contribution in [0, 0.1) is 0 Å². The Bertz CT molecular complexity index is 774. The monoisotopic (exact) mass is 277 g/mol. The molecule has 1 aromatic carbocycles. The van der Waals surface area contributed by atoms with E-state index in [9.17, 15) is 13.2 Å². The summed E-state index contributed by atoms with van der Waals surface area (Å²) in [5.74, 6) is -0.551. The summed E-state index contributed by atoms with van der Waals surface area (Å²) in [5.41, 5.74) is 1.30. The molecule has 98 valence electrons. The van der Waals surface area contributed by atoms with E-state index < -0.39 is 15.8 Å². The molecule has 0 bridgehead atoms. The van der Waals surface area contributed by atoms with Crippen LogP contribution in [0.15, 0.2) is 40.3 Å². The zero-order valence-corrected chi connectivity index (χ0v) is 11.0. The third-order valence-corrected chi connectivity index (χ3v) is 4.81. The Morgan fingerprint density at radius 2 is 2.00 bits per heavy atom. The van der Waals surface area contributed by atoms with Crippen molar-refractivity contribution in [3.05, 3.63) is 36.0 Å². The van der Waals surface area contributed by atoms with Gasteiger partial charge in [0.25, 0.3) is 0 Å². The lowest BCUT2D eigenvalue weighted by atomic mass is 10.1. The van der Waals surface area contributed by atoms with Gasteiger partial charge in [-0.15, -0.1) is 0 Å². The highest BCUT2D eigenvalue weighted by Crippen LogP contribution is 2.42. The number of esters is 1. The number of rotatable bonds is 2. The van der Waals surface area contributed by atoms with Gasteiger partial charge in [0.05, 0.1) is 11.5 Å². The van der Waals surface area contributed by atoms with Gasteiger partial charge >= 0.3 is 5.97 Å². The van der Waals surface area contributed by atoms with E-state index in [1.54, 1.807) is 31.2 Å². The molecule has 3 rings (SSSR count). The summed E-state index contributed by atoms with van der Waals surface area (Å²) in [6, 6.07) is 8.25. The Morgan fingerprint density at radius 3 is 2.74 bits per heavy atom. The molecule has 1 aliphatic rings. The molecule has 1 aromatic heterocycles. The molecule has 0 saturated heterocycles. The maximum Gasteiger partial charge on any atom is 0.354 e. The Labute approximate surface area is 110 Å². The lowest BCUT2D eigenvalue weighted by Gasteiger charge is -2.00. The lowest BCUT2D eigenvalue weighted by molar-refractivity contribution is 0.0520. The second kappa shape index (κ2) is 3.96. The average Bonchev–Trinajstić information content (AvgIpc) is 2.91. The van der Waals surface area contributed by atoms with E-state index in [1.807, 2.05) is 0 Å². The summed E-state index contributed by atoms with van der Waals surface area (Å²) in [7, 11) is -3.56. The molecule has 0 atom stereocenters. The molecule has 0 saturated carbocycles. The van der Waals surface area contributed by atoms with Gasteiger partial charge in [-0.05, 0) is 19.1 Å². The first-order valence-corrected chi connectivity index (χ1v) is 7.28. The molecular weight excluding hydrogens is 266 g/mol. The van der Waals surface area contributed by atoms with Gasteiger partial charge in [-0.3, -0.25) is 0 Å². The molecule has 2 aromatic rings. The number of aromatic nitrogens is 1. The van der Waals surface area contributed by atoms with E-state index >= 15 is 0 Å². The molecule has 6 heteroatoms. The summed E-state index contributed by atoms with van der Waals surface area (Å²) in [6.07, 6.45) is 0. The highest BCUT2D eigenvalue weighted by molar-refractivity contribution is 7.92. The zero-order valence-electron chi connectivity index (χ0n) is 10.1. The Hall–Kier alpha value is -2.08. The Kier molecular flexibility index (Phi) is 2.50. The summed E-state index contributed by atoms with van der Waals surface area (Å²) >= 11 is 0. The largest absolute Gasteiger partial charge is 0.461 e. The molecule has 19 heavy (non-hydrogen) atoms. The van der Waals surface area contributed by atoms with Crippen LogP contribution in [0.4, 0.5) is 0 Å². The summed E-state index contributed by atoms with van der Waals surface area (Å²) in [6.45, 7) is 1.94. The second-order valence-corrected chi connectivity index (χ2v) is 6.00. The SMILES string of the molecule is CCOC(=O)c1cc2c([nH]1)S(=O)(=O)c1ccccc1-2. The number of ether oxygens (including phenoxy) is 1. The number of benzene rings is 1. The number of H-pyrrole nitrogens is 1. The number of hydrogen-bond donors (Lipinski definition) is 1. The molecule has 1 N–H and O–H groups in total. The van der Waals surface area contributed by atoms with Crippen molar-refractivity contribution >= 4 is 15.8 Å². The van der Waals surface area contributed by atoms with Crippen LogP contribution in [0.2, 0.25) is 0 Å². The van der Waals surface area contributed by atoms with Crippen molar-refractivity contribution in [2.24, 2.45) is 0 Å². The van der Waals surface area contributed by atoms with Crippen molar-refractivity contribution in [3.63, 3.8) is 0 Å². The van der Waals surface area contributed by atoms with Crippen LogP contribution in [0.5, 0.6) is 0 Å². The molecule has 5 nitrogen and oxygen atoms in total. The van der Waals surface area contributed by atoms with E-state index in [1.165, 1.54) is 6.07 Å². The van der Waals surface area contributed by atoms with Crippen LogP contribution >= 0.6 is 0 Å². The molecule has 0 unspecified atom stereocenters. The topological polar surface area (TPSA) is 76.2 Å². The van der Waals surface area contributed by atoms with E-state index in [0.29, 0.717) is 11.1 Å². The molecule has 1 aliphatic heterocycles. The van der Waals surface area contributed by atoms with Crippen LogP contribution in [0.1, 0.15) is 17.4 Å². The van der Waals surface area contributed by atoms with Crippen LogP contribution in [-0.2, 0) is 14.6 Å². The maximum atomic E-state index is 12.3. The van der Waals surface area contributed by atoms with Crippen LogP contribution in [0.3, 0.4) is 0 Å². The highest BCUT2D eigenvalue weighted by atomic mass is 32.2. The van der Waals surface area contributed by atoms with Crippen molar-refractivity contribution < 1.29 is 17.9 Å². The van der Waals surface area contributed by atoms with Crippen molar-refractivity contribution in [3.8, 4) is 11.1 Å². The summed E-state index contributed by atoms with van der Waals surface area (Å²) < 4.78 is 29.4. The first kappa shape index (κ1) is 12.0. The Balaban J connectivity index is 2.20. The normalized spacial score (nSPS) is 14.8. The molecule has 0 fully saturated rings. The van der Waals surface area contributed by atoms with E-state index in [2.05, 4.69) is 4.98 Å². The summed E-state index contributed by atoms with van der Waals surface area (Å²) in [5, 5.41) is 0.0664. The maximum absolute atomic E-state index is 12.3. The average molecular weight is 277 g/mol. The minimum absolute atomic E-state index is 0.0664. The summed E-state index contributed by atoms with van der Waals surface area (Å²) in [4.78, 5) is 14.5. The smallest absolute Gasteiger partial charge is 0.354 e. The van der Waals surface area contributed by atoms with Crippen LogP contribution < -0.4 is 0 Å². The molecule has 0 amide bonds. The minimum Gasteiger partial charge on any atom is -0.461 e. The fourth-order valence-corrected chi connectivity index (χ4v) is 3.85. The van der Waals surface area contributed by atoms with Crippen molar-refractivity contribution in [2.75, 3.05) is 6.61 Å². The number of sulfone groups is 1. The first-order valence-electron chi connectivity index (χ1n) is 5.80. The molecule has 0 radical (unpaired) electrons. The first-order chi connectivity index (χ1) is 9.05. The van der Waals surface area contributed by atoms with Gasteiger partial charge in [0.15, 0.2) is 0 Å². The number of carbonyl (C=O) groups excluding carboxylic acids is 1. The molecule has 0 aliphatic carbocycles. The van der Waals surface area contributed by atoms with Crippen LogP contribution in [-0.4, -0.2) is 26.0 Å². The fraction of sp³-hybridized carbons (Fsp3) is 0.154. The third-order valence-electron chi connectivity index (χ3n) is 3.01. The quantitative estimate of drug-likeness (QED) is 0.727. The van der Waals surface area contributed by atoms with E-state index in [-0.39, 0.29) is 22.2 Å². The van der Waals surface area contributed by atoms with Gasteiger partial charge in [-0.2, -0.15) is 0 Å². The number of carbonyl (C=O) groups is 1. The van der Waals surface area contributed by atoms with Crippen molar-refractivity contribution in [1.29, 1.82) is 0 Å². The molecular formula is C13H11NO4S. The zero-order chi connectivity index (χ0) is 13.6. The van der Waals surface area contributed by atoms with Gasteiger partial charge in [0.2, 0.25) is 9.84 Å². The highest BCUT2D eigenvalue weighted by Gasteiger charge is 2.35. The van der Waals surface area contributed by atoms with Gasteiger partial charge < -0.3 is 9.72 Å². The number of nitrogens with one attached hydrogen (secondary N) is 1.